The average Bonchev–Trinajstić information content (AvgIpc) is 2.15. The van der Waals surface area contributed by atoms with Crippen LogP contribution in [-0.2, 0) is 6.42 Å². The molecule has 4 nitrogen and oxygen atoms in total. The van der Waals surface area contributed by atoms with Crippen molar-refractivity contribution in [3.05, 3.63) is 17.8 Å². The van der Waals surface area contributed by atoms with Crippen LogP contribution in [0.15, 0.2) is 12.1 Å². The number of hydrogen-bond acceptors (Lipinski definition) is 4. The minimum absolute atomic E-state index is 0.222. The van der Waals surface area contributed by atoms with Crippen LogP contribution < -0.4 is 10.6 Å². The van der Waals surface area contributed by atoms with Crippen molar-refractivity contribution in [3.8, 4) is 0 Å². The molecule has 1 aromatic rings. The predicted octanol–water partition coefficient (Wildman–Crippen LogP) is 1.21. The van der Waals surface area contributed by atoms with Crippen molar-refractivity contribution >= 4 is 5.82 Å². The van der Waals surface area contributed by atoms with Crippen molar-refractivity contribution in [2.24, 2.45) is 5.73 Å². The van der Waals surface area contributed by atoms with Gasteiger partial charge in [-0.2, -0.15) is 5.10 Å². The number of rotatable bonds is 4. The van der Waals surface area contributed by atoms with Gasteiger partial charge in [0.2, 0.25) is 0 Å². The van der Waals surface area contributed by atoms with E-state index in [1.165, 1.54) is 0 Å². The molecule has 0 aliphatic carbocycles. The normalized spacial score (nSPS) is 11.5. The fourth-order valence-corrected chi connectivity index (χ4v) is 1.44. The maximum absolute atomic E-state index is 5.94. The molecule has 0 aliphatic heterocycles. The van der Waals surface area contributed by atoms with E-state index in [0.717, 1.165) is 24.5 Å². The molecule has 0 saturated heterocycles. The summed E-state index contributed by atoms with van der Waals surface area (Å²) in [6.07, 6.45) is 0.916. The van der Waals surface area contributed by atoms with Crippen molar-refractivity contribution in [1.82, 2.24) is 10.2 Å². The zero-order valence-corrected chi connectivity index (χ0v) is 9.99. The van der Waals surface area contributed by atoms with E-state index in [1.807, 2.05) is 37.9 Å². The number of nitrogens with zero attached hydrogens (tertiary/aromatic N) is 3. The Morgan fingerprint density at radius 3 is 2.40 bits per heavy atom. The summed E-state index contributed by atoms with van der Waals surface area (Å²) in [7, 11) is 1.98. The summed E-state index contributed by atoms with van der Waals surface area (Å²) in [6, 6.07) is 3.99. The molecule has 0 radical (unpaired) electrons. The lowest BCUT2D eigenvalue weighted by Gasteiger charge is -2.26. The maximum Gasteiger partial charge on any atom is 0.151 e. The summed E-state index contributed by atoms with van der Waals surface area (Å²) in [4.78, 5) is 2.02. The molecule has 84 valence electrons. The first kappa shape index (κ1) is 11.9. The summed E-state index contributed by atoms with van der Waals surface area (Å²) >= 11 is 0. The van der Waals surface area contributed by atoms with Crippen LogP contribution in [-0.4, -0.2) is 29.3 Å². The van der Waals surface area contributed by atoms with E-state index in [2.05, 4.69) is 17.1 Å². The second kappa shape index (κ2) is 4.57. The van der Waals surface area contributed by atoms with Crippen molar-refractivity contribution in [2.45, 2.75) is 32.7 Å². The highest BCUT2D eigenvalue weighted by Gasteiger charge is 2.15. The molecule has 1 heterocycles. The molecule has 15 heavy (non-hydrogen) atoms. The molecule has 0 aromatic carbocycles. The maximum atomic E-state index is 5.94. The Labute approximate surface area is 91.5 Å². The second-order valence-corrected chi connectivity index (χ2v) is 4.58. The zero-order valence-electron chi connectivity index (χ0n) is 9.99. The minimum atomic E-state index is -0.222. The van der Waals surface area contributed by atoms with Gasteiger partial charge >= 0.3 is 0 Å². The molecule has 1 rings (SSSR count). The first-order valence-electron chi connectivity index (χ1n) is 5.25. The average molecular weight is 208 g/mol. The van der Waals surface area contributed by atoms with Gasteiger partial charge in [-0.3, -0.25) is 0 Å². The summed E-state index contributed by atoms with van der Waals surface area (Å²) in [5.74, 6) is 0.866. The van der Waals surface area contributed by atoms with Gasteiger partial charge in [0.1, 0.15) is 0 Å². The highest BCUT2D eigenvalue weighted by Crippen LogP contribution is 2.10. The van der Waals surface area contributed by atoms with Gasteiger partial charge in [-0.05, 0) is 32.4 Å². The van der Waals surface area contributed by atoms with Crippen LogP contribution in [0.3, 0.4) is 0 Å². The first-order chi connectivity index (χ1) is 6.92. The van der Waals surface area contributed by atoms with E-state index in [9.17, 15) is 0 Å². The van der Waals surface area contributed by atoms with E-state index >= 15 is 0 Å². The highest BCUT2D eigenvalue weighted by atomic mass is 15.3. The van der Waals surface area contributed by atoms with E-state index in [-0.39, 0.29) is 5.54 Å². The molecule has 0 fully saturated rings. The van der Waals surface area contributed by atoms with Crippen LogP contribution in [0, 0.1) is 0 Å². The van der Waals surface area contributed by atoms with Crippen LogP contribution in [0.4, 0.5) is 5.82 Å². The molecule has 0 atom stereocenters. The molecule has 0 spiro atoms. The van der Waals surface area contributed by atoms with Crippen LogP contribution in [0.2, 0.25) is 0 Å². The van der Waals surface area contributed by atoms with Crippen molar-refractivity contribution < 1.29 is 0 Å². The number of hydrogen-bond donors (Lipinski definition) is 1. The number of nitrogens with two attached hydrogens (primary N) is 1. The topological polar surface area (TPSA) is 55.0 Å². The molecule has 4 heteroatoms. The third-order valence-corrected chi connectivity index (χ3v) is 2.10. The molecule has 0 unspecified atom stereocenters. The Bertz CT molecular complexity index is 299. The van der Waals surface area contributed by atoms with Crippen molar-refractivity contribution in [1.29, 1.82) is 0 Å². The molecule has 0 amide bonds. The lowest BCUT2D eigenvalue weighted by Crippen LogP contribution is -2.44. The van der Waals surface area contributed by atoms with Gasteiger partial charge in [0, 0.05) is 19.1 Å². The Morgan fingerprint density at radius 1 is 1.33 bits per heavy atom. The van der Waals surface area contributed by atoms with Crippen LogP contribution in [0.1, 0.15) is 26.5 Å². The zero-order chi connectivity index (χ0) is 11.5. The SMILES string of the molecule is CCc1ccc(N(C)CC(C)(C)N)nn1. The Morgan fingerprint density at radius 2 is 2.00 bits per heavy atom. The van der Waals surface area contributed by atoms with E-state index < -0.39 is 0 Å². The number of aromatic nitrogens is 2. The molecule has 0 aliphatic rings. The standard InChI is InChI=1S/C11H20N4/c1-5-9-6-7-10(14-13-9)15(4)8-11(2,3)12/h6-7H,5,8,12H2,1-4H3. The van der Waals surface area contributed by atoms with Crippen LogP contribution >= 0.6 is 0 Å². The molecular formula is C11H20N4. The summed E-state index contributed by atoms with van der Waals surface area (Å²) < 4.78 is 0. The molecule has 2 N–H and O–H groups in total. The van der Waals surface area contributed by atoms with Gasteiger partial charge in [-0.1, -0.05) is 6.92 Å². The van der Waals surface area contributed by atoms with Gasteiger partial charge in [0.15, 0.2) is 5.82 Å². The number of aryl methyl sites for hydroxylation is 1. The van der Waals surface area contributed by atoms with E-state index in [0.29, 0.717) is 0 Å². The van der Waals surface area contributed by atoms with Crippen molar-refractivity contribution in [2.75, 3.05) is 18.5 Å². The minimum Gasteiger partial charge on any atom is -0.356 e. The highest BCUT2D eigenvalue weighted by molar-refractivity contribution is 5.36. The third-order valence-electron chi connectivity index (χ3n) is 2.10. The fourth-order valence-electron chi connectivity index (χ4n) is 1.44. The predicted molar refractivity (Wildman–Crippen MR) is 62.9 cm³/mol. The fraction of sp³-hybridized carbons (Fsp3) is 0.636. The molecule has 1 aromatic heterocycles. The largest absolute Gasteiger partial charge is 0.356 e. The van der Waals surface area contributed by atoms with Gasteiger partial charge in [-0.25, -0.2) is 0 Å². The van der Waals surface area contributed by atoms with Gasteiger partial charge in [0.25, 0.3) is 0 Å². The monoisotopic (exact) mass is 208 g/mol. The number of likely N-dealkylation sites (N-methyl/N-ethyl adjacent to an activating group) is 1. The summed E-state index contributed by atoms with van der Waals surface area (Å²) in [5.41, 5.74) is 6.73. The molecule has 0 saturated carbocycles. The second-order valence-electron chi connectivity index (χ2n) is 4.58. The lowest BCUT2D eigenvalue weighted by atomic mass is 10.1. The van der Waals surface area contributed by atoms with E-state index in [1.54, 1.807) is 0 Å². The van der Waals surface area contributed by atoms with Gasteiger partial charge in [-0.15, -0.1) is 5.10 Å². The summed E-state index contributed by atoms with van der Waals surface area (Å²) in [5, 5.41) is 8.27. The van der Waals surface area contributed by atoms with Crippen LogP contribution in [0.25, 0.3) is 0 Å². The molecule has 0 bridgehead atoms. The van der Waals surface area contributed by atoms with Crippen molar-refractivity contribution in [3.63, 3.8) is 0 Å². The Balaban J connectivity index is 2.70. The first-order valence-corrected chi connectivity index (χ1v) is 5.25. The lowest BCUT2D eigenvalue weighted by molar-refractivity contribution is 0.516. The Kier molecular flexibility index (Phi) is 3.63. The number of anilines is 1. The van der Waals surface area contributed by atoms with Gasteiger partial charge < -0.3 is 10.6 Å². The van der Waals surface area contributed by atoms with Crippen LogP contribution in [0.5, 0.6) is 0 Å². The smallest absolute Gasteiger partial charge is 0.151 e. The third kappa shape index (κ3) is 3.83. The Hall–Kier alpha value is -1.16. The van der Waals surface area contributed by atoms with Gasteiger partial charge in [0.05, 0.1) is 5.69 Å². The molecular weight excluding hydrogens is 188 g/mol. The quantitative estimate of drug-likeness (QED) is 0.808. The summed E-state index contributed by atoms with van der Waals surface area (Å²) in [6.45, 7) is 6.82. The van der Waals surface area contributed by atoms with E-state index in [4.69, 9.17) is 5.73 Å².